The summed E-state index contributed by atoms with van der Waals surface area (Å²) in [6, 6.07) is 3.54. The molecule has 0 saturated carbocycles. The van der Waals surface area contributed by atoms with Gasteiger partial charge in [0.2, 0.25) is 0 Å². The number of hydrogen-bond donors (Lipinski definition) is 2. The van der Waals surface area contributed by atoms with Crippen molar-refractivity contribution in [3.8, 4) is 0 Å². The fourth-order valence-electron chi connectivity index (χ4n) is 3.57. The molecule has 1 fully saturated rings. The van der Waals surface area contributed by atoms with E-state index < -0.39 is 6.10 Å². The molecule has 2 aromatic rings. The minimum atomic E-state index is -0.586. The van der Waals surface area contributed by atoms with E-state index in [0.29, 0.717) is 32.7 Å². The number of fused-ring (bicyclic) bond motifs is 1. The lowest BCUT2D eigenvalue weighted by Gasteiger charge is -2.36. The van der Waals surface area contributed by atoms with Gasteiger partial charge < -0.3 is 24.6 Å². The zero-order chi connectivity index (χ0) is 17.9. The summed E-state index contributed by atoms with van der Waals surface area (Å²) in [5, 5.41) is 23.7. The molecule has 0 aliphatic carbocycles. The predicted octanol–water partition coefficient (Wildman–Crippen LogP) is 1.32. The number of urea groups is 1. The van der Waals surface area contributed by atoms with E-state index in [1.165, 1.54) is 11.3 Å². The molecule has 0 bridgehead atoms. The fourth-order valence-corrected chi connectivity index (χ4v) is 4.29. The van der Waals surface area contributed by atoms with E-state index in [9.17, 15) is 9.90 Å². The molecule has 4 heterocycles. The van der Waals surface area contributed by atoms with Gasteiger partial charge in [0.25, 0.3) is 0 Å². The topological polar surface area (TPSA) is 92.5 Å². The van der Waals surface area contributed by atoms with Gasteiger partial charge in [-0.3, -0.25) is 0 Å². The Bertz CT molecular complexity index is 748. The van der Waals surface area contributed by atoms with E-state index in [-0.39, 0.29) is 12.1 Å². The Hall–Kier alpha value is -1.97. The fraction of sp³-hybridized carbons (Fsp3) is 0.588. The molecule has 0 spiro atoms. The number of aliphatic hydroxyl groups excluding tert-OH is 1. The zero-order valence-electron chi connectivity index (χ0n) is 14.5. The number of rotatable bonds is 5. The highest BCUT2D eigenvalue weighted by Gasteiger charge is 2.30. The second-order valence-corrected chi connectivity index (χ2v) is 7.61. The first kappa shape index (κ1) is 17.4. The van der Waals surface area contributed by atoms with Crippen LogP contribution in [-0.2, 0) is 24.2 Å². The van der Waals surface area contributed by atoms with Crippen molar-refractivity contribution >= 4 is 17.4 Å². The highest BCUT2D eigenvalue weighted by molar-refractivity contribution is 7.10. The Morgan fingerprint density at radius 2 is 2.38 bits per heavy atom. The van der Waals surface area contributed by atoms with Crippen LogP contribution in [0.4, 0.5) is 4.79 Å². The van der Waals surface area contributed by atoms with E-state index >= 15 is 0 Å². The number of aryl methyl sites for hydroxylation is 1. The molecule has 2 amide bonds. The first-order valence-electron chi connectivity index (χ1n) is 8.97. The van der Waals surface area contributed by atoms with Crippen molar-refractivity contribution in [1.29, 1.82) is 0 Å². The standard InChI is InChI=1S/C17H23N5O3S/c23-13(14-3-2-8-26-14)9-12-11-25-7-6-21(12)17(24)18-10-16-20-19-15-4-1-5-22(15)16/h2-3,8,12-13,23H,1,4-7,9-11H2,(H,18,24)/t12-,13+/m1/s1. The van der Waals surface area contributed by atoms with Gasteiger partial charge in [0.15, 0.2) is 5.82 Å². The monoisotopic (exact) mass is 377 g/mol. The summed E-state index contributed by atoms with van der Waals surface area (Å²) in [5.41, 5.74) is 0. The van der Waals surface area contributed by atoms with Crippen LogP contribution in [0.5, 0.6) is 0 Å². The number of aliphatic hydroxyl groups is 1. The Morgan fingerprint density at radius 1 is 1.46 bits per heavy atom. The third-order valence-corrected chi connectivity index (χ3v) is 5.91. The van der Waals surface area contributed by atoms with Crippen molar-refractivity contribution in [2.75, 3.05) is 19.8 Å². The third kappa shape index (κ3) is 3.60. The van der Waals surface area contributed by atoms with Crippen LogP contribution in [0.1, 0.15) is 35.5 Å². The lowest BCUT2D eigenvalue weighted by Crippen LogP contribution is -2.52. The van der Waals surface area contributed by atoms with Crippen molar-refractivity contribution in [3.63, 3.8) is 0 Å². The van der Waals surface area contributed by atoms with Gasteiger partial charge in [-0.25, -0.2) is 4.79 Å². The van der Waals surface area contributed by atoms with Crippen LogP contribution in [0.15, 0.2) is 17.5 Å². The maximum atomic E-state index is 12.7. The molecule has 2 aliphatic heterocycles. The number of thiophene rings is 1. The molecule has 140 valence electrons. The van der Waals surface area contributed by atoms with Crippen LogP contribution >= 0.6 is 11.3 Å². The van der Waals surface area contributed by atoms with Gasteiger partial charge in [0.05, 0.1) is 31.9 Å². The lowest BCUT2D eigenvalue weighted by atomic mass is 10.1. The molecular formula is C17H23N5O3S. The summed E-state index contributed by atoms with van der Waals surface area (Å²) in [4.78, 5) is 15.4. The predicted molar refractivity (Wildman–Crippen MR) is 95.8 cm³/mol. The summed E-state index contributed by atoms with van der Waals surface area (Å²) >= 11 is 1.52. The number of nitrogens with one attached hydrogen (secondary N) is 1. The van der Waals surface area contributed by atoms with Crippen LogP contribution in [-0.4, -0.2) is 56.6 Å². The highest BCUT2D eigenvalue weighted by Crippen LogP contribution is 2.26. The molecule has 0 radical (unpaired) electrons. The summed E-state index contributed by atoms with van der Waals surface area (Å²) < 4.78 is 7.62. The minimum Gasteiger partial charge on any atom is -0.387 e. The Labute approximate surface area is 155 Å². The largest absolute Gasteiger partial charge is 0.387 e. The Morgan fingerprint density at radius 3 is 3.23 bits per heavy atom. The molecule has 0 aromatic carbocycles. The molecule has 1 saturated heterocycles. The van der Waals surface area contributed by atoms with E-state index in [0.717, 1.165) is 35.9 Å². The molecule has 2 N–H and O–H groups in total. The van der Waals surface area contributed by atoms with Gasteiger partial charge in [-0.1, -0.05) is 6.07 Å². The summed E-state index contributed by atoms with van der Waals surface area (Å²) in [5.74, 6) is 1.80. The van der Waals surface area contributed by atoms with Gasteiger partial charge in [-0.05, 0) is 17.9 Å². The number of nitrogens with zero attached hydrogens (tertiary/aromatic N) is 4. The SMILES string of the molecule is O=C(NCc1nnc2n1CCC2)N1CCOC[C@H]1C[C@H](O)c1cccs1. The number of morpholine rings is 1. The summed E-state index contributed by atoms with van der Waals surface area (Å²) in [6.07, 6.45) is 1.91. The van der Waals surface area contributed by atoms with Gasteiger partial charge in [-0.2, -0.15) is 0 Å². The molecule has 2 aromatic heterocycles. The number of aromatic nitrogens is 3. The summed E-state index contributed by atoms with van der Waals surface area (Å²) in [6.45, 7) is 2.76. The molecular weight excluding hydrogens is 354 g/mol. The number of amides is 2. The maximum absolute atomic E-state index is 12.7. The van der Waals surface area contributed by atoms with E-state index in [1.807, 2.05) is 17.5 Å². The van der Waals surface area contributed by atoms with Crippen LogP contribution < -0.4 is 5.32 Å². The molecule has 4 rings (SSSR count). The van der Waals surface area contributed by atoms with E-state index in [2.05, 4.69) is 20.1 Å². The molecule has 9 heteroatoms. The Kier molecular flexibility index (Phi) is 5.18. The van der Waals surface area contributed by atoms with Gasteiger partial charge in [-0.15, -0.1) is 21.5 Å². The first-order chi connectivity index (χ1) is 12.7. The van der Waals surface area contributed by atoms with Crippen LogP contribution in [0.25, 0.3) is 0 Å². The Balaban J connectivity index is 1.36. The smallest absolute Gasteiger partial charge is 0.318 e. The van der Waals surface area contributed by atoms with Crippen molar-refractivity contribution in [2.24, 2.45) is 0 Å². The molecule has 26 heavy (non-hydrogen) atoms. The zero-order valence-corrected chi connectivity index (χ0v) is 15.3. The average Bonchev–Trinajstić information content (AvgIpc) is 3.38. The van der Waals surface area contributed by atoms with Crippen molar-refractivity contribution in [1.82, 2.24) is 25.0 Å². The molecule has 2 atom stereocenters. The van der Waals surface area contributed by atoms with Gasteiger partial charge >= 0.3 is 6.03 Å². The number of carbonyl (C=O) groups is 1. The molecule has 8 nitrogen and oxygen atoms in total. The van der Waals surface area contributed by atoms with Crippen molar-refractivity contribution < 1.29 is 14.6 Å². The quantitative estimate of drug-likeness (QED) is 0.820. The minimum absolute atomic E-state index is 0.146. The van der Waals surface area contributed by atoms with Crippen molar-refractivity contribution in [3.05, 3.63) is 34.0 Å². The van der Waals surface area contributed by atoms with Crippen molar-refractivity contribution in [2.45, 2.75) is 44.5 Å². The van der Waals surface area contributed by atoms with Gasteiger partial charge in [0, 0.05) is 30.8 Å². The van der Waals surface area contributed by atoms with Gasteiger partial charge in [0.1, 0.15) is 5.82 Å². The molecule has 0 unspecified atom stereocenters. The highest BCUT2D eigenvalue weighted by atomic mass is 32.1. The van der Waals surface area contributed by atoms with Crippen LogP contribution in [0, 0.1) is 0 Å². The second kappa shape index (κ2) is 7.73. The number of hydrogen-bond acceptors (Lipinski definition) is 6. The maximum Gasteiger partial charge on any atom is 0.318 e. The summed E-state index contributed by atoms with van der Waals surface area (Å²) in [7, 11) is 0. The average molecular weight is 377 g/mol. The van der Waals surface area contributed by atoms with Crippen LogP contribution in [0.2, 0.25) is 0 Å². The third-order valence-electron chi connectivity index (χ3n) is 4.94. The van der Waals surface area contributed by atoms with Crippen LogP contribution in [0.3, 0.4) is 0 Å². The number of ether oxygens (including phenoxy) is 1. The second-order valence-electron chi connectivity index (χ2n) is 6.64. The molecule has 2 aliphatic rings. The first-order valence-corrected chi connectivity index (χ1v) is 9.85. The van der Waals surface area contributed by atoms with E-state index in [1.54, 1.807) is 4.90 Å². The lowest BCUT2D eigenvalue weighted by molar-refractivity contribution is -0.00658. The number of carbonyl (C=O) groups excluding carboxylic acids is 1. The normalized spacial score (nSPS) is 20.8. The van der Waals surface area contributed by atoms with E-state index in [4.69, 9.17) is 4.74 Å².